The number of rotatable bonds is 3. The van der Waals surface area contributed by atoms with Crippen molar-refractivity contribution in [2.24, 2.45) is 0 Å². The molecule has 0 aliphatic heterocycles. The summed E-state index contributed by atoms with van der Waals surface area (Å²) >= 11 is 0. The Hall–Kier alpha value is -1.96. The SMILES string of the molecule is CCC.CCC(c1c(C)c(C)c(O)c(C)c1C)c1c(C)c(C)c(O)c(C)c1C. The first-order valence-electron chi connectivity index (χ1n) is 10.6. The van der Waals surface area contributed by atoms with E-state index in [1.54, 1.807) is 0 Å². The third kappa shape index (κ3) is 4.06. The highest BCUT2D eigenvalue weighted by molar-refractivity contribution is 5.60. The van der Waals surface area contributed by atoms with Gasteiger partial charge in [0.05, 0.1) is 0 Å². The minimum Gasteiger partial charge on any atom is -0.507 e. The zero-order chi connectivity index (χ0) is 21.9. The van der Waals surface area contributed by atoms with Crippen LogP contribution in [-0.2, 0) is 0 Å². The second-order valence-electron chi connectivity index (χ2n) is 8.19. The van der Waals surface area contributed by atoms with Crippen LogP contribution >= 0.6 is 0 Å². The summed E-state index contributed by atoms with van der Waals surface area (Å²) in [5, 5.41) is 20.8. The molecule has 0 aromatic heterocycles. The number of benzene rings is 2. The quantitative estimate of drug-likeness (QED) is 0.574. The first-order valence-corrected chi connectivity index (χ1v) is 10.6. The molecule has 0 spiro atoms. The maximum absolute atomic E-state index is 10.4. The van der Waals surface area contributed by atoms with Gasteiger partial charge in [0, 0.05) is 5.92 Å². The minimum absolute atomic E-state index is 0.260. The van der Waals surface area contributed by atoms with Gasteiger partial charge in [-0.05, 0) is 117 Å². The summed E-state index contributed by atoms with van der Waals surface area (Å²) in [6.45, 7) is 22.9. The highest BCUT2D eigenvalue weighted by atomic mass is 16.3. The molecule has 0 unspecified atom stereocenters. The van der Waals surface area contributed by atoms with Crippen LogP contribution in [0, 0.1) is 55.4 Å². The predicted octanol–water partition coefficient (Wildman–Crippen LogP) is 7.52. The fourth-order valence-corrected chi connectivity index (χ4v) is 4.24. The maximum atomic E-state index is 10.4. The molecule has 0 saturated heterocycles. The predicted molar refractivity (Wildman–Crippen MR) is 122 cm³/mol. The lowest BCUT2D eigenvalue weighted by molar-refractivity contribution is 0.464. The van der Waals surface area contributed by atoms with Gasteiger partial charge in [0.1, 0.15) is 11.5 Å². The molecule has 2 aromatic carbocycles. The highest BCUT2D eigenvalue weighted by Crippen LogP contribution is 2.44. The summed E-state index contributed by atoms with van der Waals surface area (Å²) in [7, 11) is 0. The number of phenolic OH excluding ortho intramolecular Hbond substituents is 2. The largest absolute Gasteiger partial charge is 0.507 e. The average Bonchev–Trinajstić information content (AvgIpc) is 2.67. The summed E-state index contributed by atoms with van der Waals surface area (Å²) in [4.78, 5) is 0. The fourth-order valence-electron chi connectivity index (χ4n) is 4.24. The van der Waals surface area contributed by atoms with Crippen molar-refractivity contribution >= 4 is 0 Å². The number of hydrogen-bond acceptors (Lipinski definition) is 2. The summed E-state index contributed by atoms with van der Waals surface area (Å²) in [5.41, 5.74) is 11.2. The van der Waals surface area contributed by atoms with Gasteiger partial charge in [-0.15, -0.1) is 0 Å². The number of hydrogen-bond donors (Lipinski definition) is 2. The van der Waals surface area contributed by atoms with E-state index in [9.17, 15) is 10.2 Å². The van der Waals surface area contributed by atoms with Gasteiger partial charge >= 0.3 is 0 Å². The molecule has 2 heteroatoms. The normalized spacial score (nSPS) is 10.9. The third-order valence-corrected chi connectivity index (χ3v) is 6.39. The van der Waals surface area contributed by atoms with Gasteiger partial charge < -0.3 is 10.2 Å². The van der Waals surface area contributed by atoms with Crippen molar-refractivity contribution in [2.75, 3.05) is 0 Å². The lowest BCUT2D eigenvalue weighted by Crippen LogP contribution is -2.12. The van der Waals surface area contributed by atoms with Crippen LogP contribution in [-0.4, -0.2) is 10.2 Å². The van der Waals surface area contributed by atoms with Crippen molar-refractivity contribution in [2.45, 2.75) is 94.9 Å². The molecule has 0 aliphatic carbocycles. The lowest BCUT2D eigenvalue weighted by Gasteiger charge is -2.29. The first-order chi connectivity index (χ1) is 13.0. The Morgan fingerprint density at radius 1 is 0.500 bits per heavy atom. The van der Waals surface area contributed by atoms with E-state index in [0.717, 1.165) is 28.7 Å². The van der Waals surface area contributed by atoms with Crippen molar-refractivity contribution in [1.82, 2.24) is 0 Å². The molecular weight excluding hydrogens is 344 g/mol. The lowest BCUT2D eigenvalue weighted by atomic mass is 9.76. The first kappa shape index (κ1) is 24.1. The average molecular weight is 385 g/mol. The minimum atomic E-state index is 0.260. The van der Waals surface area contributed by atoms with E-state index in [1.165, 1.54) is 39.8 Å². The van der Waals surface area contributed by atoms with Crippen LogP contribution in [0.5, 0.6) is 11.5 Å². The van der Waals surface area contributed by atoms with Crippen LogP contribution in [0.1, 0.15) is 95.2 Å². The molecule has 2 N–H and O–H groups in total. The van der Waals surface area contributed by atoms with E-state index in [-0.39, 0.29) is 5.92 Å². The van der Waals surface area contributed by atoms with Crippen molar-refractivity contribution < 1.29 is 10.2 Å². The Morgan fingerprint density at radius 3 is 0.893 bits per heavy atom. The summed E-state index contributed by atoms with van der Waals surface area (Å²) in [5.74, 6) is 1.09. The van der Waals surface area contributed by atoms with Crippen molar-refractivity contribution in [3.8, 4) is 11.5 Å². The van der Waals surface area contributed by atoms with Crippen LogP contribution < -0.4 is 0 Å². The van der Waals surface area contributed by atoms with Gasteiger partial charge in [-0.3, -0.25) is 0 Å². The molecule has 0 amide bonds. The molecule has 0 saturated carbocycles. The number of aromatic hydroxyl groups is 2. The summed E-state index contributed by atoms with van der Waals surface area (Å²) < 4.78 is 0. The molecule has 2 aromatic rings. The van der Waals surface area contributed by atoms with Gasteiger partial charge in [-0.1, -0.05) is 27.2 Å². The van der Waals surface area contributed by atoms with Crippen molar-refractivity contribution in [1.29, 1.82) is 0 Å². The molecule has 0 bridgehead atoms. The monoisotopic (exact) mass is 384 g/mol. The van der Waals surface area contributed by atoms with E-state index < -0.39 is 0 Å². The molecule has 2 rings (SSSR count). The Morgan fingerprint density at radius 2 is 0.714 bits per heavy atom. The molecule has 0 heterocycles. The van der Waals surface area contributed by atoms with Crippen LogP contribution in [0.15, 0.2) is 0 Å². The van der Waals surface area contributed by atoms with Gasteiger partial charge in [0.2, 0.25) is 0 Å². The van der Waals surface area contributed by atoms with Crippen LogP contribution in [0.2, 0.25) is 0 Å². The van der Waals surface area contributed by atoms with Gasteiger partial charge in [0.15, 0.2) is 0 Å². The molecule has 0 atom stereocenters. The number of phenols is 2. The molecule has 0 radical (unpaired) electrons. The molecule has 156 valence electrons. The second-order valence-corrected chi connectivity index (χ2v) is 8.19. The van der Waals surface area contributed by atoms with Crippen molar-refractivity contribution in [3.63, 3.8) is 0 Å². The fraction of sp³-hybridized carbons (Fsp3) is 0.538. The van der Waals surface area contributed by atoms with Gasteiger partial charge in [-0.2, -0.15) is 0 Å². The molecule has 0 fully saturated rings. The van der Waals surface area contributed by atoms with Gasteiger partial charge in [-0.25, -0.2) is 0 Å². The Balaban J connectivity index is 0.00000122. The highest BCUT2D eigenvalue weighted by Gasteiger charge is 2.26. The van der Waals surface area contributed by atoms with E-state index in [0.29, 0.717) is 11.5 Å². The van der Waals surface area contributed by atoms with Crippen LogP contribution in [0.4, 0.5) is 0 Å². The van der Waals surface area contributed by atoms with E-state index >= 15 is 0 Å². The van der Waals surface area contributed by atoms with E-state index in [4.69, 9.17) is 0 Å². The Bertz CT molecular complexity index is 732. The molecule has 0 aliphatic rings. The summed E-state index contributed by atoms with van der Waals surface area (Å²) in [6, 6.07) is 0. The molecule has 2 nitrogen and oxygen atoms in total. The Kier molecular flexibility index (Phi) is 8.16. The topological polar surface area (TPSA) is 40.5 Å². The zero-order valence-corrected chi connectivity index (χ0v) is 19.9. The van der Waals surface area contributed by atoms with Crippen LogP contribution in [0.3, 0.4) is 0 Å². The molecular formula is C26H40O2. The third-order valence-electron chi connectivity index (χ3n) is 6.39. The van der Waals surface area contributed by atoms with Gasteiger partial charge in [0.25, 0.3) is 0 Å². The van der Waals surface area contributed by atoms with Crippen molar-refractivity contribution in [3.05, 3.63) is 55.6 Å². The second kappa shape index (κ2) is 9.49. The Labute approximate surface area is 172 Å². The zero-order valence-electron chi connectivity index (χ0n) is 19.9. The summed E-state index contributed by atoms with van der Waals surface area (Å²) in [6.07, 6.45) is 2.23. The maximum Gasteiger partial charge on any atom is 0.121 e. The standard InChI is InChI=1S/C23H32O2.C3H8/c1-10-19(20-11(2)15(6)22(24)16(7)12(20)3)21-13(4)17(8)23(25)18(9)14(21)5;1-3-2/h19,24-25H,10H2,1-9H3;3H2,1-2H3. The molecule has 28 heavy (non-hydrogen) atoms. The van der Waals surface area contributed by atoms with E-state index in [1.807, 2.05) is 27.7 Å². The van der Waals surface area contributed by atoms with Crippen LogP contribution in [0.25, 0.3) is 0 Å². The van der Waals surface area contributed by atoms with E-state index in [2.05, 4.69) is 48.5 Å². The smallest absolute Gasteiger partial charge is 0.121 e.